The molecular weight excluding hydrogens is 263 g/mol. The van der Waals surface area contributed by atoms with E-state index in [2.05, 4.69) is 5.32 Å². The summed E-state index contributed by atoms with van der Waals surface area (Å²) in [5.41, 5.74) is 4.91. The molecule has 0 unspecified atom stereocenters. The van der Waals surface area contributed by atoms with Gasteiger partial charge in [-0.15, -0.1) is 0 Å². The molecule has 0 aliphatic heterocycles. The average molecular weight is 280 g/mol. The van der Waals surface area contributed by atoms with Crippen molar-refractivity contribution < 1.29 is 19.1 Å². The van der Waals surface area contributed by atoms with Crippen LogP contribution >= 0.6 is 0 Å². The van der Waals surface area contributed by atoms with E-state index in [1.807, 2.05) is 0 Å². The number of rotatable bonds is 4. The second-order valence-electron chi connectivity index (χ2n) is 5.14. The highest BCUT2D eigenvalue weighted by Gasteiger charge is 2.40. The van der Waals surface area contributed by atoms with Crippen molar-refractivity contribution in [3.8, 4) is 0 Å². The summed E-state index contributed by atoms with van der Waals surface area (Å²) in [6, 6.07) is 3.27. The number of carboxylic acid groups (broad SMARTS) is 1. The van der Waals surface area contributed by atoms with Gasteiger partial charge in [-0.25, -0.2) is 9.18 Å². The Hall–Kier alpha value is -1.95. The lowest BCUT2D eigenvalue weighted by atomic mass is 9.85. The van der Waals surface area contributed by atoms with Gasteiger partial charge in [-0.05, 0) is 31.0 Å². The van der Waals surface area contributed by atoms with Gasteiger partial charge in [0.15, 0.2) is 0 Å². The summed E-state index contributed by atoms with van der Waals surface area (Å²) in [7, 11) is 0. The molecule has 108 valence electrons. The molecule has 1 saturated carbocycles. The molecule has 4 N–H and O–H groups in total. The van der Waals surface area contributed by atoms with E-state index in [-0.39, 0.29) is 23.7 Å². The van der Waals surface area contributed by atoms with E-state index >= 15 is 0 Å². The van der Waals surface area contributed by atoms with Crippen molar-refractivity contribution in [2.24, 2.45) is 11.1 Å². The van der Waals surface area contributed by atoms with Gasteiger partial charge in [-0.2, -0.15) is 0 Å². The highest BCUT2D eigenvalue weighted by molar-refractivity contribution is 6.02. The first-order valence-electron chi connectivity index (χ1n) is 6.53. The molecule has 5 nitrogen and oxygen atoms in total. The van der Waals surface area contributed by atoms with Crippen molar-refractivity contribution >= 4 is 17.6 Å². The summed E-state index contributed by atoms with van der Waals surface area (Å²) in [6.45, 7) is 0.225. The van der Waals surface area contributed by atoms with Crippen molar-refractivity contribution in [2.45, 2.75) is 25.7 Å². The Kier molecular flexibility index (Phi) is 4.04. The Bertz CT molecular complexity index is 539. The minimum atomic E-state index is -1.28. The number of carboxylic acids is 1. The molecule has 1 aliphatic rings. The van der Waals surface area contributed by atoms with E-state index in [0.717, 1.165) is 25.0 Å². The number of carbonyl (C=O) groups excluding carboxylic acids is 1. The maximum atomic E-state index is 13.1. The third-order valence-electron chi connectivity index (χ3n) is 3.89. The van der Waals surface area contributed by atoms with Crippen LogP contribution in [0, 0.1) is 11.2 Å². The number of carbonyl (C=O) groups is 2. The molecule has 20 heavy (non-hydrogen) atoms. The van der Waals surface area contributed by atoms with E-state index in [1.165, 1.54) is 6.07 Å². The number of hydrogen-bond acceptors (Lipinski definition) is 3. The molecule has 1 aromatic carbocycles. The number of amides is 1. The number of halogens is 1. The Labute approximate surface area is 116 Å². The minimum Gasteiger partial charge on any atom is -0.478 e. The SMILES string of the molecule is NCC1(C(=O)Nc2ccc(F)cc2C(=O)O)CCCC1. The van der Waals surface area contributed by atoms with Crippen LogP contribution in [0.4, 0.5) is 10.1 Å². The van der Waals surface area contributed by atoms with E-state index < -0.39 is 17.2 Å². The zero-order chi connectivity index (χ0) is 14.8. The van der Waals surface area contributed by atoms with Crippen molar-refractivity contribution in [2.75, 3.05) is 11.9 Å². The zero-order valence-electron chi connectivity index (χ0n) is 11.0. The summed E-state index contributed by atoms with van der Waals surface area (Å²) < 4.78 is 13.1. The maximum Gasteiger partial charge on any atom is 0.337 e. The number of anilines is 1. The molecule has 0 aromatic heterocycles. The van der Waals surface area contributed by atoms with Crippen LogP contribution in [0.2, 0.25) is 0 Å². The first-order chi connectivity index (χ1) is 9.48. The van der Waals surface area contributed by atoms with Crippen LogP contribution in [0.15, 0.2) is 18.2 Å². The van der Waals surface area contributed by atoms with Crippen molar-refractivity contribution in [1.29, 1.82) is 0 Å². The quantitative estimate of drug-likeness (QED) is 0.786. The normalized spacial score (nSPS) is 16.9. The molecular formula is C14H17FN2O3. The van der Waals surface area contributed by atoms with Crippen molar-refractivity contribution in [3.63, 3.8) is 0 Å². The van der Waals surface area contributed by atoms with Gasteiger partial charge in [0.2, 0.25) is 5.91 Å². The largest absolute Gasteiger partial charge is 0.478 e. The van der Waals surface area contributed by atoms with Crippen LogP contribution in [0.25, 0.3) is 0 Å². The Morgan fingerprint density at radius 3 is 2.55 bits per heavy atom. The van der Waals surface area contributed by atoms with Crippen LogP contribution < -0.4 is 11.1 Å². The maximum absolute atomic E-state index is 13.1. The molecule has 0 spiro atoms. The zero-order valence-corrected chi connectivity index (χ0v) is 11.0. The summed E-state index contributed by atoms with van der Waals surface area (Å²) in [6.07, 6.45) is 3.25. The molecule has 1 aromatic rings. The predicted octanol–water partition coefficient (Wildman–Crippen LogP) is 1.98. The fraction of sp³-hybridized carbons (Fsp3) is 0.429. The summed E-state index contributed by atoms with van der Waals surface area (Å²) in [5.74, 6) is -2.23. The Morgan fingerprint density at radius 2 is 2.00 bits per heavy atom. The Balaban J connectivity index is 2.25. The van der Waals surface area contributed by atoms with Gasteiger partial charge in [-0.3, -0.25) is 4.79 Å². The lowest BCUT2D eigenvalue weighted by Crippen LogP contribution is -2.40. The van der Waals surface area contributed by atoms with Gasteiger partial charge >= 0.3 is 5.97 Å². The average Bonchev–Trinajstić information content (AvgIpc) is 2.90. The topological polar surface area (TPSA) is 92.4 Å². The molecule has 1 amide bonds. The van der Waals surface area contributed by atoms with E-state index in [4.69, 9.17) is 10.8 Å². The van der Waals surface area contributed by atoms with E-state index in [0.29, 0.717) is 12.8 Å². The molecule has 0 atom stereocenters. The molecule has 0 heterocycles. The fourth-order valence-corrected chi connectivity index (χ4v) is 2.63. The molecule has 0 radical (unpaired) electrons. The van der Waals surface area contributed by atoms with E-state index in [9.17, 15) is 14.0 Å². The van der Waals surface area contributed by atoms with Crippen molar-refractivity contribution in [1.82, 2.24) is 0 Å². The molecule has 2 rings (SSSR count). The monoisotopic (exact) mass is 280 g/mol. The smallest absolute Gasteiger partial charge is 0.337 e. The third kappa shape index (κ3) is 2.65. The number of nitrogens with two attached hydrogens (primary N) is 1. The van der Waals surface area contributed by atoms with Crippen LogP contribution in [0.5, 0.6) is 0 Å². The van der Waals surface area contributed by atoms with E-state index in [1.54, 1.807) is 0 Å². The molecule has 6 heteroatoms. The van der Waals surface area contributed by atoms with Crippen LogP contribution in [0.1, 0.15) is 36.0 Å². The number of hydrogen-bond donors (Lipinski definition) is 3. The second-order valence-corrected chi connectivity index (χ2v) is 5.14. The highest BCUT2D eigenvalue weighted by atomic mass is 19.1. The van der Waals surface area contributed by atoms with Gasteiger partial charge in [0.05, 0.1) is 16.7 Å². The number of benzene rings is 1. The second kappa shape index (κ2) is 5.58. The minimum absolute atomic E-state index is 0.101. The number of aromatic carboxylic acids is 1. The predicted molar refractivity (Wildman–Crippen MR) is 71.9 cm³/mol. The summed E-state index contributed by atoms with van der Waals surface area (Å²) in [5, 5.41) is 11.6. The lowest BCUT2D eigenvalue weighted by molar-refractivity contribution is -0.124. The van der Waals surface area contributed by atoms with Gasteiger partial charge in [0.25, 0.3) is 0 Å². The van der Waals surface area contributed by atoms with Gasteiger partial charge in [0.1, 0.15) is 5.82 Å². The standard InChI is InChI=1S/C14H17FN2O3/c15-9-3-4-11(10(7-9)12(18)19)17-13(20)14(8-16)5-1-2-6-14/h3-4,7H,1-2,5-6,8,16H2,(H,17,20)(H,18,19). The third-order valence-corrected chi connectivity index (χ3v) is 3.89. The Morgan fingerprint density at radius 1 is 1.35 bits per heavy atom. The molecule has 1 fully saturated rings. The van der Waals surface area contributed by atoms with Crippen molar-refractivity contribution in [3.05, 3.63) is 29.6 Å². The van der Waals surface area contributed by atoms with Crippen LogP contribution in [-0.2, 0) is 4.79 Å². The first kappa shape index (κ1) is 14.5. The van der Waals surface area contributed by atoms with Gasteiger partial charge < -0.3 is 16.2 Å². The summed E-state index contributed by atoms with van der Waals surface area (Å²) in [4.78, 5) is 23.4. The van der Waals surface area contributed by atoms with Crippen LogP contribution in [-0.4, -0.2) is 23.5 Å². The molecule has 0 bridgehead atoms. The van der Waals surface area contributed by atoms with Crippen LogP contribution in [0.3, 0.4) is 0 Å². The molecule has 1 aliphatic carbocycles. The highest BCUT2D eigenvalue weighted by Crippen LogP contribution is 2.38. The number of nitrogens with one attached hydrogen (secondary N) is 1. The summed E-state index contributed by atoms with van der Waals surface area (Å²) >= 11 is 0. The van der Waals surface area contributed by atoms with Gasteiger partial charge in [-0.1, -0.05) is 12.8 Å². The fourth-order valence-electron chi connectivity index (χ4n) is 2.63. The molecule has 0 saturated heterocycles. The first-order valence-corrected chi connectivity index (χ1v) is 6.53. The van der Waals surface area contributed by atoms with Gasteiger partial charge in [0, 0.05) is 6.54 Å². The lowest BCUT2D eigenvalue weighted by Gasteiger charge is -2.26.